The van der Waals surface area contributed by atoms with Crippen LogP contribution in [0.5, 0.6) is 0 Å². The van der Waals surface area contributed by atoms with Gasteiger partial charge in [-0.1, -0.05) is 30.3 Å². The fraction of sp³-hybridized carbons (Fsp3) is 0.421. The zero-order chi connectivity index (χ0) is 18.7. The summed E-state index contributed by atoms with van der Waals surface area (Å²) in [6.45, 7) is 0.912. The van der Waals surface area contributed by atoms with E-state index in [1.807, 2.05) is 48.5 Å². The lowest BCUT2D eigenvalue weighted by Gasteiger charge is -2.30. The Morgan fingerprint density at radius 3 is 2.50 bits per heavy atom. The number of carboxylic acids is 1. The molecule has 1 saturated heterocycles. The highest BCUT2D eigenvalue weighted by atomic mass is 16.4. The van der Waals surface area contributed by atoms with Crippen molar-refractivity contribution in [2.24, 2.45) is 7.05 Å². The predicted octanol–water partition coefficient (Wildman–Crippen LogP) is 1.50. The average Bonchev–Trinajstić information content (AvgIpc) is 3.21. The summed E-state index contributed by atoms with van der Waals surface area (Å²) in [6, 6.07) is 8.64. The van der Waals surface area contributed by atoms with Crippen molar-refractivity contribution in [1.82, 2.24) is 19.6 Å². The van der Waals surface area contributed by atoms with E-state index in [2.05, 4.69) is 5.10 Å². The largest absolute Gasteiger partial charge is 0.480 e. The molecule has 7 nitrogen and oxygen atoms in total. The van der Waals surface area contributed by atoms with E-state index < -0.39 is 18.1 Å². The number of carboxylic acid groups (broad SMARTS) is 1. The normalized spacial score (nSPS) is 20.2. The lowest BCUT2D eigenvalue weighted by atomic mass is 10.1. The molecule has 2 heterocycles. The Morgan fingerprint density at radius 2 is 1.88 bits per heavy atom. The first-order valence-electron chi connectivity index (χ1n) is 8.70. The van der Waals surface area contributed by atoms with Gasteiger partial charge >= 0.3 is 5.97 Å². The minimum atomic E-state index is -0.869. The molecule has 0 aliphatic carbocycles. The Kier molecular flexibility index (Phi) is 5.37. The fourth-order valence-corrected chi connectivity index (χ4v) is 3.57. The number of rotatable bonds is 6. The number of aliphatic carboxylic acids is 1. The summed E-state index contributed by atoms with van der Waals surface area (Å²) < 4.78 is 1.70. The first-order valence-corrected chi connectivity index (χ1v) is 8.70. The van der Waals surface area contributed by atoms with Crippen molar-refractivity contribution >= 4 is 11.9 Å². The molecular weight excluding hydrogens is 332 g/mol. The molecule has 1 N–H and O–H groups in total. The van der Waals surface area contributed by atoms with Crippen LogP contribution in [0.1, 0.15) is 24.0 Å². The summed E-state index contributed by atoms with van der Waals surface area (Å²) in [5, 5.41) is 13.7. The molecule has 0 radical (unpaired) electrons. The summed E-state index contributed by atoms with van der Waals surface area (Å²) in [4.78, 5) is 28.1. The molecule has 1 aromatic carbocycles. The van der Waals surface area contributed by atoms with Crippen molar-refractivity contribution in [2.75, 3.05) is 7.05 Å². The molecule has 3 rings (SSSR count). The number of carbonyl (C=O) groups excluding carboxylic acids is 1. The minimum Gasteiger partial charge on any atom is -0.480 e. The van der Waals surface area contributed by atoms with Crippen LogP contribution in [0.15, 0.2) is 42.7 Å². The number of nitrogens with zero attached hydrogens (tertiary/aromatic N) is 4. The number of aromatic nitrogens is 2. The zero-order valence-corrected chi connectivity index (χ0v) is 15.1. The molecule has 7 heteroatoms. The van der Waals surface area contributed by atoms with Crippen molar-refractivity contribution in [3.63, 3.8) is 0 Å². The van der Waals surface area contributed by atoms with E-state index >= 15 is 0 Å². The summed E-state index contributed by atoms with van der Waals surface area (Å²) in [6.07, 6.45) is 4.65. The Balaban J connectivity index is 1.75. The topological polar surface area (TPSA) is 78.7 Å². The lowest BCUT2D eigenvalue weighted by Crippen LogP contribution is -2.47. The second-order valence-electron chi connectivity index (χ2n) is 6.82. The molecule has 0 bridgehead atoms. The van der Waals surface area contributed by atoms with Crippen LogP contribution in [0.25, 0.3) is 0 Å². The van der Waals surface area contributed by atoms with Crippen LogP contribution in [0.2, 0.25) is 0 Å². The van der Waals surface area contributed by atoms with Crippen molar-refractivity contribution in [3.8, 4) is 0 Å². The molecular formula is C19H24N4O3. The van der Waals surface area contributed by atoms with Crippen LogP contribution in [0, 0.1) is 0 Å². The maximum absolute atomic E-state index is 13.0. The molecule has 0 spiro atoms. The van der Waals surface area contributed by atoms with Crippen LogP contribution in [-0.2, 0) is 29.7 Å². The monoisotopic (exact) mass is 356 g/mol. The second-order valence-corrected chi connectivity index (χ2v) is 6.82. The SMILES string of the molecule is CN(Cc1cnn(C)c1)C(=O)C1CCC(C(=O)O)N1Cc1ccccc1. The van der Waals surface area contributed by atoms with Crippen molar-refractivity contribution in [2.45, 2.75) is 38.0 Å². The smallest absolute Gasteiger partial charge is 0.320 e. The highest BCUT2D eigenvalue weighted by Gasteiger charge is 2.42. The molecule has 138 valence electrons. The van der Waals surface area contributed by atoms with Crippen LogP contribution >= 0.6 is 0 Å². The summed E-state index contributed by atoms with van der Waals surface area (Å²) in [5.41, 5.74) is 1.96. The lowest BCUT2D eigenvalue weighted by molar-refractivity contribution is -0.144. The van der Waals surface area contributed by atoms with E-state index in [-0.39, 0.29) is 5.91 Å². The third kappa shape index (κ3) is 3.94. The average molecular weight is 356 g/mol. The minimum absolute atomic E-state index is 0.0477. The van der Waals surface area contributed by atoms with Gasteiger partial charge in [0, 0.05) is 38.9 Å². The van der Waals surface area contributed by atoms with Crippen molar-refractivity contribution in [1.29, 1.82) is 0 Å². The third-order valence-electron chi connectivity index (χ3n) is 4.85. The van der Waals surface area contributed by atoms with Gasteiger partial charge in [0.05, 0.1) is 12.2 Å². The molecule has 1 fully saturated rings. The van der Waals surface area contributed by atoms with Crippen LogP contribution < -0.4 is 0 Å². The number of likely N-dealkylation sites (N-methyl/N-ethyl adjacent to an activating group) is 1. The van der Waals surface area contributed by atoms with Crippen LogP contribution in [-0.4, -0.2) is 55.7 Å². The molecule has 2 aromatic rings. The van der Waals surface area contributed by atoms with Gasteiger partial charge in [-0.2, -0.15) is 5.10 Å². The van der Waals surface area contributed by atoms with E-state index in [1.165, 1.54) is 0 Å². The van der Waals surface area contributed by atoms with E-state index in [0.717, 1.165) is 11.1 Å². The number of aryl methyl sites for hydroxylation is 1. The van der Waals surface area contributed by atoms with Crippen LogP contribution in [0.4, 0.5) is 0 Å². The van der Waals surface area contributed by atoms with Crippen molar-refractivity contribution < 1.29 is 14.7 Å². The summed E-state index contributed by atoms with van der Waals surface area (Å²) in [7, 11) is 3.59. The van der Waals surface area contributed by atoms with Gasteiger partial charge in [-0.15, -0.1) is 0 Å². The third-order valence-corrected chi connectivity index (χ3v) is 4.85. The predicted molar refractivity (Wildman–Crippen MR) is 96.1 cm³/mol. The molecule has 1 amide bonds. The van der Waals surface area contributed by atoms with E-state index in [1.54, 1.807) is 22.8 Å². The number of amides is 1. The van der Waals surface area contributed by atoms with E-state index in [9.17, 15) is 14.7 Å². The van der Waals surface area contributed by atoms with Gasteiger partial charge in [-0.25, -0.2) is 0 Å². The first-order chi connectivity index (χ1) is 12.5. The maximum Gasteiger partial charge on any atom is 0.320 e. The second kappa shape index (κ2) is 7.70. The molecule has 1 aromatic heterocycles. The highest BCUT2D eigenvalue weighted by molar-refractivity contribution is 5.84. The molecule has 1 aliphatic heterocycles. The maximum atomic E-state index is 13.0. The standard InChI is InChI=1S/C19H24N4O3/c1-21(11-15-10-20-22(2)12-15)18(24)16-8-9-17(19(25)26)23(16)13-14-6-4-3-5-7-14/h3-7,10,12,16-17H,8-9,11,13H2,1-2H3,(H,25,26). The van der Waals surface area contributed by atoms with E-state index in [4.69, 9.17) is 0 Å². The Labute approximate surface area is 152 Å². The molecule has 2 atom stereocenters. The summed E-state index contributed by atoms with van der Waals surface area (Å²) in [5.74, 6) is -0.917. The summed E-state index contributed by atoms with van der Waals surface area (Å²) >= 11 is 0. The van der Waals surface area contributed by atoms with Crippen molar-refractivity contribution in [3.05, 3.63) is 53.9 Å². The number of hydrogen-bond acceptors (Lipinski definition) is 4. The Hall–Kier alpha value is -2.67. The van der Waals surface area contributed by atoms with Gasteiger partial charge in [-0.05, 0) is 18.4 Å². The van der Waals surface area contributed by atoms with Gasteiger partial charge < -0.3 is 10.0 Å². The molecule has 26 heavy (non-hydrogen) atoms. The number of likely N-dealkylation sites (tertiary alicyclic amines) is 1. The zero-order valence-electron chi connectivity index (χ0n) is 15.1. The molecule has 2 unspecified atom stereocenters. The highest BCUT2D eigenvalue weighted by Crippen LogP contribution is 2.28. The van der Waals surface area contributed by atoms with Gasteiger partial charge in [-0.3, -0.25) is 19.2 Å². The fourth-order valence-electron chi connectivity index (χ4n) is 3.57. The molecule has 0 saturated carbocycles. The van der Waals surface area contributed by atoms with Gasteiger partial charge in [0.1, 0.15) is 6.04 Å². The first kappa shape index (κ1) is 18.1. The van der Waals surface area contributed by atoms with Gasteiger partial charge in [0.2, 0.25) is 5.91 Å². The van der Waals surface area contributed by atoms with Gasteiger partial charge in [0.25, 0.3) is 0 Å². The van der Waals surface area contributed by atoms with Gasteiger partial charge in [0.15, 0.2) is 0 Å². The number of benzene rings is 1. The molecule has 1 aliphatic rings. The quantitative estimate of drug-likeness (QED) is 0.848. The Morgan fingerprint density at radius 1 is 1.19 bits per heavy atom. The van der Waals surface area contributed by atoms with E-state index in [0.29, 0.717) is 25.9 Å². The number of hydrogen-bond donors (Lipinski definition) is 1. The Bertz CT molecular complexity index is 774. The van der Waals surface area contributed by atoms with Crippen LogP contribution in [0.3, 0.4) is 0 Å². The number of carbonyl (C=O) groups is 2.